The van der Waals surface area contributed by atoms with Crippen molar-refractivity contribution in [1.82, 2.24) is 9.97 Å². The highest BCUT2D eigenvalue weighted by molar-refractivity contribution is 6.01. The van der Waals surface area contributed by atoms with Gasteiger partial charge in [0.15, 0.2) is 6.23 Å². The number of ether oxygens (including phenoxy) is 4. The third-order valence-electron chi connectivity index (χ3n) is 6.13. The average Bonchev–Trinajstić information content (AvgIpc) is 3.28. The molecule has 2 aromatic heterocycles. The van der Waals surface area contributed by atoms with Crippen molar-refractivity contribution in [3.8, 4) is 23.0 Å². The molecule has 1 atom stereocenters. The number of carbonyl (C=O) groups is 1. The summed E-state index contributed by atoms with van der Waals surface area (Å²) in [7, 11) is 2.99. The zero-order valence-corrected chi connectivity index (χ0v) is 20.6. The topological polar surface area (TPSA) is 83.0 Å². The van der Waals surface area contributed by atoms with E-state index in [2.05, 4.69) is 9.97 Å². The van der Waals surface area contributed by atoms with Crippen molar-refractivity contribution >= 4 is 28.2 Å². The fourth-order valence-corrected chi connectivity index (χ4v) is 4.45. The molecule has 3 heterocycles. The van der Waals surface area contributed by atoms with E-state index in [1.54, 1.807) is 72.7 Å². The number of fused-ring (bicyclic) bond motifs is 3. The quantitative estimate of drug-likeness (QED) is 0.289. The third kappa shape index (κ3) is 4.62. The number of anilines is 2. The van der Waals surface area contributed by atoms with Crippen LogP contribution in [0, 0.1) is 6.92 Å². The van der Waals surface area contributed by atoms with Gasteiger partial charge in [-0.15, -0.1) is 0 Å². The summed E-state index contributed by atoms with van der Waals surface area (Å²) in [5.41, 5.74) is 2.74. The Labute approximate surface area is 215 Å². The molecule has 0 aliphatic carbocycles. The molecule has 5 rings (SSSR count). The van der Waals surface area contributed by atoms with Crippen LogP contribution in [0.25, 0.3) is 10.9 Å². The number of hydrogen-bond acceptors (Lipinski definition) is 8. The van der Waals surface area contributed by atoms with Crippen LogP contribution in [-0.4, -0.2) is 42.6 Å². The van der Waals surface area contributed by atoms with E-state index in [0.29, 0.717) is 56.5 Å². The summed E-state index contributed by atoms with van der Waals surface area (Å²) in [6, 6.07) is 13.6. The second-order valence-electron chi connectivity index (χ2n) is 8.47. The lowest BCUT2D eigenvalue weighted by molar-refractivity contribution is -0.204. The highest BCUT2D eigenvalue weighted by Gasteiger charge is 2.45. The van der Waals surface area contributed by atoms with Crippen molar-refractivity contribution in [2.45, 2.75) is 25.7 Å². The number of halogens is 3. The van der Waals surface area contributed by atoms with Gasteiger partial charge in [0.1, 0.15) is 28.5 Å². The summed E-state index contributed by atoms with van der Waals surface area (Å²) in [5, 5.41) is 0.572. The molecule has 0 saturated carbocycles. The molecule has 1 aliphatic heterocycles. The Hall–Kier alpha value is -4.54. The first-order valence-electron chi connectivity index (χ1n) is 11.5. The Morgan fingerprint density at radius 1 is 1.03 bits per heavy atom. The highest BCUT2D eigenvalue weighted by Crippen LogP contribution is 2.47. The van der Waals surface area contributed by atoms with Crippen molar-refractivity contribution in [2.24, 2.45) is 0 Å². The van der Waals surface area contributed by atoms with Crippen LogP contribution in [0.3, 0.4) is 0 Å². The number of aromatic nitrogens is 2. The Morgan fingerprint density at radius 2 is 1.79 bits per heavy atom. The molecule has 0 spiro atoms. The molecule has 2 aromatic carbocycles. The van der Waals surface area contributed by atoms with E-state index in [-0.39, 0.29) is 6.42 Å². The average molecular weight is 525 g/mol. The minimum atomic E-state index is -5.15. The van der Waals surface area contributed by atoms with Gasteiger partial charge in [0.05, 0.1) is 26.1 Å². The monoisotopic (exact) mass is 525 g/mol. The lowest BCUT2D eigenvalue weighted by atomic mass is 10.0. The van der Waals surface area contributed by atoms with Gasteiger partial charge in [0.25, 0.3) is 0 Å². The van der Waals surface area contributed by atoms with E-state index < -0.39 is 18.4 Å². The van der Waals surface area contributed by atoms with Gasteiger partial charge >= 0.3 is 12.1 Å². The maximum absolute atomic E-state index is 13.2. The van der Waals surface area contributed by atoms with Gasteiger partial charge in [-0.2, -0.15) is 13.2 Å². The molecule has 4 aromatic rings. The predicted octanol–water partition coefficient (Wildman–Crippen LogP) is 5.87. The van der Waals surface area contributed by atoms with Gasteiger partial charge in [-0.3, -0.25) is 4.98 Å². The molecule has 8 nitrogen and oxygen atoms in total. The summed E-state index contributed by atoms with van der Waals surface area (Å²) >= 11 is 0. The number of hydrogen-bond donors (Lipinski definition) is 0. The largest absolute Gasteiger partial charge is 0.497 e. The maximum atomic E-state index is 13.2. The summed E-state index contributed by atoms with van der Waals surface area (Å²) in [4.78, 5) is 22.1. The molecule has 11 heteroatoms. The molecule has 0 amide bonds. The Balaban J connectivity index is 1.64. The van der Waals surface area contributed by atoms with Crippen molar-refractivity contribution in [3.05, 3.63) is 72.2 Å². The van der Waals surface area contributed by atoms with Crippen LogP contribution in [0.15, 0.2) is 60.9 Å². The van der Waals surface area contributed by atoms with Crippen LogP contribution in [0.1, 0.15) is 11.3 Å². The number of methoxy groups -OCH3 is 2. The predicted molar refractivity (Wildman–Crippen MR) is 132 cm³/mol. The summed E-state index contributed by atoms with van der Waals surface area (Å²) in [5.74, 6) is -0.360. The Morgan fingerprint density at radius 3 is 2.42 bits per heavy atom. The highest BCUT2D eigenvalue weighted by atomic mass is 19.4. The number of esters is 1. The van der Waals surface area contributed by atoms with E-state index in [0.717, 1.165) is 0 Å². The number of alkyl halides is 3. The van der Waals surface area contributed by atoms with Gasteiger partial charge in [-0.1, -0.05) is 0 Å². The fourth-order valence-electron chi connectivity index (χ4n) is 4.45. The lowest BCUT2D eigenvalue weighted by Crippen LogP contribution is -2.37. The molecule has 0 bridgehead atoms. The molecule has 1 unspecified atom stereocenters. The molecule has 0 saturated heterocycles. The fraction of sp³-hybridized carbons (Fsp3) is 0.222. The zero-order chi connectivity index (χ0) is 27.0. The number of benzene rings is 2. The number of rotatable bonds is 6. The van der Waals surface area contributed by atoms with Crippen LogP contribution >= 0.6 is 0 Å². The van der Waals surface area contributed by atoms with Crippen LogP contribution in [0.5, 0.6) is 23.0 Å². The SMILES string of the molecule is COc1cc(OC)c2nc(C)c3c(c2c1)N(c1ccc(Oc2cccnc2)cc1)C(OC(=O)C(F)(F)F)C3. The second kappa shape index (κ2) is 9.73. The van der Waals surface area contributed by atoms with Gasteiger partial charge in [0.2, 0.25) is 0 Å². The number of pyridine rings is 2. The second-order valence-corrected chi connectivity index (χ2v) is 8.47. The standard InChI is InChI=1S/C27H22F3N3O5/c1-15-20-13-23(38-26(34)27(28,29)30)33(16-6-8-17(9-7-16)37-18-5-4-10-31-14-18)25(20)21-11-19(35-2)12-22(36-3)24(21)32-15/h4-12,14,23H,13H2,1-3H3. The first kappa shape index (κ1) is 25.1. The molecular formula is C27H22F3N3O5. The van der Waals surface area contributed by atoms with Crippen LogP contribution in [0.4, 0.5) is 24.5 Å². The first-order valence-corrected chi connectivity index (χ1v) is 11.5. The number of aryl methyl sites for hydroxylation is 1. The molecule has 38 heavy (non-hydrogen) atoms. The zero-order valence-electron chi connectivity index (χ0n) is 20.6. The Kier molecular flexibility index (Phi) is 6.43. The summed E-state index contributed by atoms with van der Waals surface area (Å²) in [6.07, 6.45) is -3.25. The first-order chi connectivity index (χ1) is 18.2. The van der Waals surface area contributed by atoms with Gasteiger partial charge in [-0.25, -0.2) is 9.78 Å². The third-order valence-corrected chi connectivity index (χ3v) is 6.13. The molecular weight excluding hydrogens is 503 g/mol. The van der Waals surface area contributed by atoms with E-state index in [1.807, 2.05) is 0 Å². The minimum Gasteiger partial charge on any atom is -0.497 e. The maximum Gasteiger partial charge on any atom is 0.491 e. The van der Waals surface area contributed by atoms with E-state index >= 15 is 0 Å². The van der Waals surface area contributed by atoms with Crippen molar-refractivity contribution < 1.29 is 36.9 Å². The summed E-state index contributed by atoms with van der Waals surface area (Å²) < 4.78 is 61.3. The van der Waals surface area contributed by atoms with Crippen LogP contribution in [-0.2, 0) is 16.0 Å². The number of nitrogens with zero attached hydrogens (tertiary/aromatic N) is 3. The van der Waals surface area contributed by atoms with Crippen LogP contribution in [0.2, 0.25) is 0 Å². The normalized spacial score (nSPS) is 14.8. The molecule has 0 radical (unpaired) electrons. The van der Waals surface area contributed by atoms with Crippen molar-refractivity contribution in [3.63, 3.8) is 0 Å². The lowest BCUT2D eigenvalue weighted by Gasteiger charge is -2.28. The van der Waals surface area contributed by atoms with Crippen LogP contribution < -0.4 is 19.1 Å². The summed E-state index contributed by atoms with van der Waals surface area (Å²) in [6.45, 7) is 1.75. The molecule has 196 valence electrons. The smallest absolute Gasteiger partial charge is 0.491 e. The van der Waals surface area contributed by atoms with Gasteiger partial charge < -0.3 is 23.8 Å². The van der Waals surface area contributed by atoms with Gasteiger partial charge in [0, 0.05) is 41.0 Å². The van der Waals surface area contributed by atoms with Crippen molar-refractivity contribution in [1.29, 1.82) is 0 Å². The molecule has 0 fully saturated rings. The number of carbonyl (C=O) groups excluding carboxylic acids is 1. The van der Waals surface area contributed by atoms with Crippen molar-refractivity contribution in [2.75, 3.05) is 19.1 Å². The van der Waals surface area contributed by atoms with E-state index in [4.69, 9.17) is 18.9 Å². The van der Waals surface area contributed by atoms with Gasteiger partial charge in [-0.05, 0) is 49.4 Å². The Bertz CT molecular complexity index is 1490. The molecule has 0 N–H and O–H groups in total. The molecule has 1 aliphatic rings. The van der Waals surface area contributed by atoms with E-state index in [1.165, 1.54) is 14.2 Å². The van der Waals surface area contributed by atoms with E-state index in [9.17, 15) is 18.0 Å². The minimum absolute atomic E-state index is 0.000607.